The Kier molecular flexibility index (Phi) is 4.14. The topological polar surface area (TPSA) is 65.0 Å². The van der Waals surface area contributed by atoms with Gasteiger partial charge in [-0.3, -0.25) is 0 Å². The monoisotopic (exact) mass is 190 g/mol. The first-order valence-electron chi connectivity index (χ1n) is 4.18. The highest BCUT2D eigenvalue weighted by Crippen LogP contribution is 2.16. The molecule has 0 aromatic carbocycles. The fourth-order valence-corrected chi connectivity index (χ4v) is 1.22. The van der Waals surface area contributed by atoms with E-state index in [1.54, 1.807) is 0 Å². The summed E-state index contributed by atoms with van der Waals surface area (Å²) in [5.74, 6) is -0.413. The molecule has 0 aromatic rings. The first kappa shape index (κ1) is 10.4. The summed E-state index contributed by atoms with van der Waals surface area (Å²) in [6.07, 6.45) is 0.219. The predicted octanol–water partition coefficient (Wildman–Crippen LogP) is -0.674. The molecule has 0 bridgehead atoms. The second kappa shape index (κ2) is 5.16. The van der Waals surface area contributed by atoms with Crippen LogP contribution in [0.4, 0.5) is 0 Å². The van der Waals surface area contributed by atoms with E-state index in [2.05, 4.69) is 4.74 Å². The summed E-state index contributed by atoms with van der Waals surface area (Å²) < 4.78 is 14.8. The van der Waals surface area contributed by atoms with E-state index in [1.807, 2.05) is 0 Å². The van der Waals surface area contributed by atoms with E-state index in [4.69, 9.17) is 14.6 Å². The van der Waals surface area contributed by atoms with Gasteiger partial charge in [-0.25, -0.2) is 4.79 Å². The van der Waals surface area contributed by atoms with Crippen LogP contribution in [0, 0.1) is 0 Å². The number of aliphatic hydroxyl groups excluding tert-OH is 1. The standard InChI is InChI=1S/C8H14O5/c1-11-8(10)5-13-6-2-3-12-7(6)4-9/h6-7,9H,2-5H2,1H3. The molecule has 5 nitrogen and oxygen atoms in total. The molecular weight excluding hydrogens is 176 g/mol. The summed E-state index contributed by atoms with van der Waals surface area (Å²) in [5, 5.41) is 8.84. The quantitative estimate of drug-likeness (QED) is 0.595. The molecule has 2 atom stereocenters. The van der Waals surface area contributed by atoms with Gasteiger partial charge in [0.25, 0.3) is 0 Å². The number of hydrogen-bond donors (Lipinski definition) is 1. The third-order valence-electron chi connectivity index (χ3n) is 1.97. The van der Waals surface area contributed by atoms with Gasteiger partial charge in [-0.2, -0.15) is 0 Å². The first-order valence-corrected chi connectivity index (χ1v) is 4.18. The maximum atomic E-state index is 10.7. The minimum atomic E-state index is -0.413. The molecule has 0 aliphatic carbocycles. The highest BCUT2D eigenvalue weighted by Gasteiger charge is 2.28. The number of rotatable bonds is 4. The molecule has 0 radical (unpaired) electrons. The molecule has 1 N–H and O–H groups in total. The number of ether oxygens (including phenoxy) is 3. The number of hydrogen-bond acceptors (Lipinski definition) is 5. The molecule has 1 heterocycles. The van der Waals surface area contributed by atoms with Crippen LogP contribution >= 0.6 is 0 Å². The van der Waals surface area contributed by atoms with Gasteiger partial charge >= 0.3 is 5.97 Å². The molecule has 1 fully saturated rings. The van der Waals surface area contributed by atoms with Crippen LogP contribution < -0.4 is 0 Å². The van der Waals surface area contributed by atoms with E-state index >= 15 is 0 Å². The smallest absolute Gasteiger partial charge is 0.331 e. The summed E-state index contributed by atoms with van der Waals surface area (Å²) in [5.41, 5.74) is 0. The van der Waals surface area contributed by atoms with Gasteiger partial charge in [0.1, 0.15) is 12.7 Å². The molecule has 1 aliphatic rings. The lowest BCUT2D eigenvalue weighted by molar-refractivity contribution is -0.149. The van der Waals surface area contributed by atoms with Crippen molar-refractivity contribution in [2.75, 3.05) is 26.9 Å². The maximum absolute atomic E-state index is 10.7. The second-order valence-electron chi connectivity index (χ2n) is 2.81. The van der Waals surface area contributed by atoms with Crippen molar-refractivity contribution in [1.82, 2.24) is 0 Å². The number of carbonyl (C=O) groups is 1. The van der Waals surface area contributed by atoms with Gasteiger partial charge < -0.3 is 19.3 Å². The van der Waals surface area contributed by atoms with Crippen molar-refractivity contribution >= 4 is 5.97 Å². The molecule has 0 spiro atoms. The van der Waals surface area contributed by atoms with Crippen LogP contribution in [0.5, 0.6) is 0 Å². The maximum Gasteiger partial charge on any atom is 0.331 e. The molecular formula is C8H14O5. The Morgan fingerprint density at radius 2 is 2.46 bits per heavy atom. The number of esters is 1. The molecule has 1 rings (SSSR count). The second-order valence-corrected chi connectivity index (χ2v) is 2.81. The Labute approximate surface area is 76.6 Å². The minimum absolute atomic E-state index is 0.0775. The lowest BCUT2D eigenvalue weighted by Gasteiger charge is -2.15. The highest BCUT2D eigenvalue weighted by molar-refractivity contribution is 5.70. The van der Waals surface area contributed by atoms with Crippen molar-refractivity contribution in [3.8, 4) is 0 Å². The van der Waals surface area contributed by atoms with Crippen LogP contribution in [-0.2, 0) is 19.0 Å². The molecule has 5 heteroatoms. The third kappa shape index (κ3) is 2.95. The van der Waals surface area contributed by atoms with Gasteiger partial charge in [0, 0.05) is 6.61 Å². The van der Waals surface area contributed by atoms with Crippen molar-refractivity contribution < 1.29 is 24.1 Å². The number of aliphatic hydroxyl groups is 1. The highest BCUT2D eigenvalue weighted by atomic mass is 16.6. The number of carbonyl (C=O) groups excluding carboxylic acids is 1. The minimum Gasteiger partial charge on any atom is -0.467 e. The van der Waals surface area contributed by atoms with E-state index in [1.165, 1.54) is 7.11 Å². The lowest BCUT2D eigenvalue weighted by Crippen LogP contribution is -2.29. The van der Waals surface area contributed by atoms with E-state index < -0.39 is 5.97 Å². The van der Waals surface area contributed by atoms with Crippen LogP contribution in [0.25, 0.3) is 0 Å². The molecule has 1 saturated heterocycles. The summed E-state index contributed by atoms with van der Waals surface area (Å²) in [6, 6.07) is 0. The summed E-state index contributed by atoms with van der Waals surface area (Å²) in [4.78, 5) is 10.7. The van der Waals surface area contributed by atoms with Crippen LogP contribution in [0.1, 0.15) is 6.42 Å². The van der Waals surface area contributed by atoms with Gasteiger partial charge in [0.2, 0.25) is 0 Å². The average Bonchev–Trinajstić information content (AvgIpc) is 2.61. The number of methoxy groups -OCH3 is 1. The van der Waals surface area contributed by atoms with Gasteiger partial charge in [0.05, 0.1) is 19.8 Å². The molecule has 2 unspecified atom stereocenters. The fraction of sp³-hybridized carbons (Fsp3) is 0.875. The average molecular weight is 190 g/mol. The van der Waals surface area contributed by atoms with E-state index in [9.17, 15) is 4.79 Å². The Bertz CT molecular complexity index is 170. The zero-order valence-electron chi connectivity index (χ0n) is 7.56. The van der Waals surface area contributed by atoms with E-state index in [-0.39, 0.29) is 25.4 Å². The summed E-state index contributed by atoms with van der Waals surface area (Å²) in [6.45, 7) is 0.407. The predicted molar refractivity (Wildman–Crippen MR) is 43.2 cm³/mol. The van der Waals surface area contributed by atoms with Gasteiger partial charge in [-0.1, -0.05) is 0 Å². The zero-order valence-corrected chi connectivity index (χ0v) is 7.56. The van der Waals surface area contributed by atoms with Gasteiger partial charge in [0.15, 0.2) is 0 Å². The van der Waals surface area contributed by atoms with Crippen molar-refractivity contribution in [3.05, 3.63) is 0 Å². The van der Waals surface area contributed by atoms with Crippen molar-refractivity contribution in [1.29, 1.82) is 0 Å². The summed E-state index contributed by atoms with van der Waals surface area (Å²) in [7, 11) is 1.31. The fourth-order valence-electron chi connectivity index (χ4n) is 1.22. The Morgan fingerprint density at radius 3 is 3.08 bits per heavy atom. The molecule has 76 valence electrons. The van der Waals surface area contributed by atoms with E-state index in [0.717, 1.165) is 0 Å². The van der Waals surface area contributed by atoms with Gasteiger partial charge in [-0.15, -0.1) is 0 Å². The molecule has 0 saturated carbocycles. The normalized spacial score (nSPS) is 27.5. The van der Waals surface area contributed by atoms with Gasteiger partial charge in [-0.05, 0) is 6.42 Å². The molecule has 0 amide bonds. The van der Waals surface area contributed by atoms with Crippen LogP contribution in [-0.4, -0.2) is 50.2 Å². The van der Waals surface area contributed by atoms with Crippen LogP contribution in [0.3, 0.4) is 0 Å². The Morgan fingerprint density at radius 1 is 1.69 bits per heavy atom. The first-order chi connectivity index (χ1) is 6.27. The van der Waals surface area contributed by atoms with Crippen molar-refractivity contribution in [3.63, 3.8) is 0 Å². The Hall–Kier alpha value is -0.650. The van der Waals surface area contributed by atoms with E-state index in [0.29, 0.717) is 13.0 Å². The largest absolute Gasteiger partial charge is 0.467 e. The lowest BCUT2D eigenvalue weighted by atomic mass is 10.2. The molecule has 1 aliphatic heterocycles. The van der Waals surface area contributed by atoms with Crippen molar-refractivity contribution in [2.24, 2.45) is 0 Å². The van der Waals surface area contributed by atoms with Crippen molar-refractivity contribution in [2.45, 2.75) is 18.6 Å². The third-order valence-corrected chi connectivity index (χ3v) is 1.97. The van der Waals surface area contributed by atoms with Crippen LogP contribution in [0.2, 0.25) is 0 Å². The molecule has 0 aromatic heterocycles. The van der Waals surface area contributed by atoms with Crippen LogP contribution in [0.15, 0.2) is 0 Å². The summed E-state index contributed by atoms with van der Waals surface area (Å²) >= 11 is 0. The SMILES string of the molecule is COC(=O)COC1CCOC1CO. The molecule has 13 heavy (non-hydrogen) atoms. The zero-order chi connectivity index (χ0) is 9.68. The Balaban J connectivity index is 2.23.